The van der Waals surface area contributed by atoms with Crippen molar-refractivity contribution in [2.75, 3.05) is 13.1 Å². The quantitative estimate of drug-likeness (QED) is 0.791. The maximum atomic E-state index is 6.20. The van der Waals surface area contributed by atoms with Crippen LogP contribution in [0, 0.1) is 0 Å². The van der Waals surface area contributed by atoms with Crippen LogP contribution in [0.4, 0.5) is 0 Å². The summed E-state index contributed by atoms with van der Waals surface area (Å²) in [5.74, 6) is 0.539. The fraction of sp³-hybridized carbons (Fsp3) is 0.500. The SMILES string of the molecule is Clc1ccc(C2CCCCNC2)c(Cl)c1. The maximum Gasteiger partial charge on any atom is 0.0456 e. The Bertz CT molecular complexity index is 330. The Morgan fingerprint density at radius 1 is 1.20 bits per heavy atom. The van der Waals surface area contributed by atoms with Crippen LogP contribution in [0.25, 0.3) is 0 Å². The molecule has 1 atom stereocenters. The molecule has 1 heterocycles. The minimum Gasteiger partial charge on any atom is -0.316 e. The Kier molecular flexibility index (Phi) is 3.90. The van der Waals surface area contributed by atoms with Crippen LogP contribution < -0.4 is 5.32 Å². The van der Waals surface area contributed by atoms with Crippen molar-refractivity contribution in [1.82, 2.24) is 5.32 Å². The van der Waals surface area contributed by atoms with Gasteiger partial charge in [0.25, 0.3) is 0 Å². The minimum absolute atomic E-state index is 0.539. The van der Waals surface area contributed by atoms with E-state index in [1.54, 1.807) is 0 Å². The summed E-state index contributed by atoms with van der Waals surface area (Å²) >= 11 is 12.1. The van der Waals surface area contributed by atoms with Gasteiger partial charge in [0.2, 0.25) is 0 Å². The third-order valence-electron chi connectivity index (χ3n) is 2.95. The Hall–Kier alpha value is -0.240. The van der Waals surface area contributed by atoms with Crippen molar-refractivity contribution < 1.29 is 0 Å². The van der Waals surface area contributed by atoms with Crippen molar-refractivity contribution >= 4 is 23.2 Å². The molecule has 1 aliphatic rings. The highest BCUT2D eigenvalue weighted by Crippen LogP contribution is 2.31. The zero-order chi connectivity index (χ0) is 10.7. The summed E-state index contributed by atoms with van der Waals surface area (Å²) in [5.41, 5.74) is 1.23. The summed E-state index contributed by atoms with van der Waals surface area (Å²) in [6, 6.07) is 5.82. The van der Waals surface area contributed by atoms with Crippen molar-refractivity contribution in [3.63, 3.8) is 0 Å². The lowest BCUT2D eigenvalue weighted by molar-refractivity contribution is 0.610. The summed E-state index contributed by atoms with van der Waals surface area (Å²) in [4.78, 5) is 0. The molecule has 1 aliphatic heterocycles. The molecule has 1 N–H and O–H groups in total. The first kappa shape index (κ1) is 11.3. The Labute approximate surface area is 101 Å². The predicted molar refractivity (Wildman–Crippen MR) is 65.9 cm³/mol. The highest BCUT2D eigenvalue weighted by Gasteiger charge is 2.16. The summed E-state index contributed by atoms with van der Waals surface area (Å²) in [6.07, 6.45) is 3.76. The van der Waals surface area contributed by atoms with E-state index in [1.165, 1.54) is 24.8 Å². The molecule has 2 rings (SSSR count). The van der Waals surface area contributed by atoms with E-state index in [0.29, 0.717) is 10.9 Å². The van der Waals surface area contributed by atoms with Crippen molar-refractivity contribution in [3.8, 4) is 0 Å². The molecule has 0 aromatic heterocycles. The summed E-state index contributed by atoms with van der Waals surface area (Å²) in [7, 11) is 0. The zero-order valence-electron chi connectivity index (χ0n) is 8.60. The van der Waals surface area contributed by atoms with Gasteiger partial charge in [-0.3, -0.25) is 0 Å². The second kappa shape index (κ2) is 5.20. The molecule has 0 amide bonds. The Morgan fingerprint density at radius 2 is 2.07 bits per heavy atom. The van der Waals surface area contributed by atoms with E-state index in [0.717, 1.165) is 18.1 Å². The molecule has 15 heavy (non-hydrogen) atoms. The minimum atomic E-state index is 0.539. The van der Waals surface area contributed by atoms with Crippen molar-refractivity contribution in [3.05, 3.63) is 33.8 Å². The molecule has 1 nitrogen and oxygen atoms in total. The van der Waals surface area contributed by atoms with E-state index in [2.05, 4.69) is 11.4 Å². The van der Waals surface area contributed by atoms with Gasteiger partial charge in [0.05, 0.1) is 0 Å². The van der Waals surface area contributed by atoms with Crippen LogP contribution in [0.1, 0.15) is 30.7 Å². The van der Waals surface area contributed by atoms with Gasteiger partial charge in [-0.2, -0.15) is 0 Å². The standard InChI is InChI=1S/C12H15Cl2N/c13-10-4-5-11(12(14)7-10)9-3-1-2-6-15-8-9/h4-5,7,9,15H,1-3,6,8H2. The topological polar surface area (TPSA) is 12.0 Å². The number of halogens is 2. The molecule has 1 fully saturated rings. The molecule has 1 unspecified atom stereocenters. The molecular weight excluding hydrogens is 229 g/mol. The molecule has 1 aromatic rings. The van der Waals surface area contributed by atoms with Crippen molar-refractivity contribution in [2.45, 2.75) is 25.2 Å². The van der Waals surface area contributed by atoms with Crippen LogP contribution in [0.2, 0.25) is 10.0 Å². The highest BCUT2D eigenvalue weighted by molar-refractivity contribution is 6.35. The number of hydrogen-bond donors (Lipinski definition) is 1. The van der Waals surface area contributed by atoms with Crippen LogP contribution >= 0.6 is 23.2 Å². The van der Waals surface area contributed by atoms with E-state index in [4.69, 9.17) is 23.2 Å². The van der Waals surface area contributed by atoms with Crippen molar-refractivity contribution in [2.24, 2.45) is 0 Å². The average Bonchev–Trinajstić information content (AvgIpc) is 2.46. The lowest BCUT2D eigenvalue weighted by atomic mass is 9.94. The fourth-order valence-electron chi connectivity index (χ4n) is 2.12. The number of benzene rings is 1. The van der Waals surface area contributed by atoms with Gasteiger partial charge in [-0.1, -0.05) is 35.7 Å². The predicted octanol–water partition coefficient (Wildman–Crippen LogP) is 3.85. The third kappa shape index (κ3) is 2.87. The van der Waals surface area contributed by atoms with Gasteiger partial charge in [-0.15, -0.1) is 0 Å². The lowest BCUT2D eigenvalue weighted by Crippen LogP contribution is -2.19. The second-order valence-electron chi connectivity index (χ2n) is 4.06. The first-order chi connectivity index (χ1) is 7.27. The van der Waals surface area contributed by atoms with Crippen LogP contribution in [0.3, 0.4) is 0 Å². The second-order valence-corrected chi connectivity index (χ2v) is 4.91. The van der Waals surface area contributed by atoms with Gasteiger partial charge < -0.3 is 5.32 Å². The van der Waals surface area contributed by atoms with E-state index in [-0.39, 0.29) is 0 Å². The van der Waals surface area contributed by atoms with Gasteiger partial charge in [-0.05, 0) is 43.0 Å². The first-order valence-electron chi connectivity index (χ1n) is 5.43. The molecule has 1 aromatic carbocycles. The third-order valence-corrected chi connectivity index (χ3v) is 3.51. The molecule has 0 saturated carbocycles. The zero-order valence-corrected chi connectivity index (χ0v) is 10.1. The van der Waals surface area contributed by atoms with Gasteiger partial charge in [0.15, 0.2) is 0 Å². The Morgan fingerprint density at radius 3 is 2.87 bits per heavy atom. The van der Waals surface area contributed by atoms with E-state index >= 15 is 0 Å². The molecule has 0 bridgehead atoms. The summed E-state index contributed by atoms with van der Waals surface area (Å²) in [5, 5.41) is 4.96. The smallest absolute Gasteiger partial charge is 0.0456 e. The first-order valence-corrected chi connectivity index (χ1v) is 6.18. The summed E-state index contributed by atoms with van der Waals surface area (Å²) in [6.45, 7) is 2.16. The number of rotatable bonds is 1. The largest absolute Gasteiger partial charge is 0.316 e. The molecule has 0 radical (unpaired) electrons. The van der Waals surface area contributed by atoms with Crippen LogP contribution in [-0.4, -0.2) is 13.1 Å². The van der Waals surface area contributed by atoms with Crippen LogP contribution in [-0.2, 0) is 0 Å². The van der Waals surface area contributed by atoms with E-state index < -0.39 is 0 Å². The van der Waals surface area contributed by atoms with E-state index in [9.17, 15) is 0 Å². The molecule has 3 heteroatoms. The van der Waals surface area contributed by atoms with Crippen LogP contribution in [0.15, 0.2) is 18.2 Å². The van der Waals surface area contributed by atoms with Crippen molar-refractivity contribution in [1.29, 1.82) is 0 Å². The van der Waals surface area contributed by atoms with Gasteiger partial charge in [0, 0.05) is 16.6 Å². The average molecular weight is 244 g/mol. The Balaban J connectivity index is 2.19. The van der Waals surface area contributed by atoms with Gasteiger partial charge in [-0.25, -0.2) is 0 Å². The monoisotopic (exact) mass is 243 g/mol. The molecule has 0 aliphatic carbocycles. The van der Waals surface area contributed by atoms with Gasteiger partial charge in [0.1, 0.15) is 0 Å². The number of nitrogens with one attached hydrogen (secondary N) is 1. The number of hydrogen-bond acceptors (Lipinski definition) is 1. The highest BCUT2D eigenvalue weighted by atomic mass is 35.5. The fourth-order valence-corrected chi connectivity index (χ4v) is 2.68. The lowest BCUT2D eigenvalue weighted by Gasteiger charge is -2.16. The van der Waals surface area contributed by atoms with E-state index in [1.807, 2.05) is 12.1 Å². The molecule has 0 spiro atoms. The molecule has 82 valence electrons. The summed E-state index contributed by atoms with van der Waals surface area (Å²) < 4.78 is 0. The maximum absolute atomic E-state index is 6.20. The molecular formula is C12H15Cl2N. The van der Waals surface area contributed by atoms with Crippen LogP contribution in [0.5, 0.6) is 0 Å². The normalized spacial score (nSPS) is 22.4. The molecule has 1 saturated heterocycles. The van der Waals surface area contributed by atoms with Gasteiger partial charge >= 0.3 is 0 Å².